The van der Waals surface area contributed by atoms with Crippen LogP contribution in [0.25, 0.3) is 0 Å². The van der Waals surface area contributed by atoms with E-state index in [1.807, 2.05) is 23.1 Å². The molecule has 0 unspecified atom stereocenters. The highest BCUT2D eigenvalue weighted by atomic mass is 35.5. The van der Waals surface area contributed by atoms with E-state index in [4.69, 9.17) is 15.9 Å². The number of hydrogen-bond donors (Lipinski definition) is 4. The number of nitrogen functional groups attached to an aromatic ring is 1. The lowest BCUT2D eigenvalue weighted by Crippen LogP contribution is -3.00. The Hall–Kier alpha value is -1.21. The number of anilines is 3. The number of likely N-dealkylation sites (N-methyl/N-ethyl adjacent to an activating group) is 1. The monoisotopic (exact) mass is 360 g/mol. The normalized spacial score (nSPS) is 11.0. The van der Waals surface area contributed by atoms with E-state index in [1.54, 1.807) is 0 Å². The van der Waals surface area contributed by atoms with Crippen LogP contribution in [0.5, 0.6) is 0 Å². The largest absolute Gasteiger partial charge is 1.00 e. The summed E-state index contributed by atoms with van der Waals surface area (Å²) in [6.45, 7) is 9.63. The van der Waals surface area contributed by atoms with Gasteiger partial charge >= 0.3 is 0 Å². The first kappa shape index (κ1) is 22.8. The maximum Gasteiger partial charge on any atom is 0.0959 e. The average Bonchev–Trinajstić information content (AvgIpc) is 2.56. The maximum absolute atomic E-state index is 9.12. The lowest BCUT2D eigenvalue weighted by atomic mass is 10.2. The Balaban J connectivity index is 0.00000529. The van der Waals surface area contributed by atoms with Gasteiger partial charge in [-0.25, -0.2) is 0 Å². The molecule has 0 fully saturated rings. The second kappa shape index (κ2) is 11.4. The van der Waals surface area contributed by atoms with E-state index < -0.39 is 0 Å². The molecule has 0 aliphatic rings. The lowest BCUT2D eigenvalue weighted by Gasteiger charge is -2.32. The summed E-state index contributed by atoms with van der Waals surface area (Å²) in [4.78, 5) is 1.92. The van der Waals surface area contributed by atoms with Gasteiger partial charge in [-0.15, -0.1) is 0 Å². The first-order valence-corrected chi connectivity index (χ1v) is 8.43. The van der Waals surface area contributed by atoms with Gasteiger partial charge in [-0.3, -0.25) is 0 Å². The zero-order valence-corrected chi connectivity index (χ0v) is 15.9. The second-order valence-electron chi connectivity index (χ2n) is 6.11. The van der Waals surface area contributed by atoms with Crippen LogP contribution in [0, 0.1) is 0 Å². The molecule has 1 aromatic rings. The Morgan fingerprint density at radius 1 is 1.12 bits per heavy atom. The molecule has 0 bridgehead atoms. The predicted molar refractivity (Wildman–Crippen MR) is 97.9 cm³/mol. The minimum atomic E-state index is 0. The molecule has 0 aliphatic heterocycles. The zero-order valence-electron chi connectivity index (χ0n) is 15.1. The Morgan fingerprint density at radius 2 is 1.71 bits per heavy atom. The highest BCUT2D eigenvalue weighted by molar-refractivity contribution is 5.72. The molecule has 0 heterocycles. The van der Waals surface area contributed by atoms with Crippen LogP contribution in [0.2, 0.25) is 0 Å². The molecule has 0 aliphatic carbocycles. The molecule has 0 atom stereocenters. The molecule has 0 saturated carbocycles. The quantitative estimate of drug-likeness (QED) is 0.270. The van der Waals surface area contributed by atoms with Crippen LogP contribution >= 0.6 is 0 Å². The number of nitrogens with two attached hydrogens (primary N) is 1. The number of hydrogen-bond acceptors (Lipinski definition) is 5. The van der Waals surface area contributed by atoms with Gasteiger partial charge in [0.15, 0.2) is 0 Å². The summed E-state index contributed by atoms with van der Waals surface area (Å²) < 4.78 is 1.03. The van der Waals surface area contributed by atoms with Gasteiger partial charge < -0.3 is 43.1 Å². The Morgan fingerprint density at radius 3 is 2.17 bits per heavy atom. The molecule has 7 heteroatoms. The molecule has 0 amide bonds. The minimum Gasteiger partial charge on any atom is -1.00 e. The van der Waals surface area contributed by atoms with Crippen LogP contribution < -0.4 is 28.4 Å². The number of aliphatic hydroxyl groups excluding tert-OH is 2. The first-order valence-electron chi connectivity index (χ1n) is 8.43. The lowest BCUT2D eigenvalue weighted by molar-refractivity contribution is -0.904. The topological polar surface area (TPSA) is 81.8 Å². The van der Waals surface area contributed by atoms with Gasteiger partial charge in [0.05, 0.1) is 57.8 Å². The molecule has 0 radical (unpaired) electrons. The highest BCUT2D eigenvalue weighted by Gasteiger charge is 2.15. The standard InChI is InChI=1S/C17H33N4O2.ClH/c1-4-21(3,5-2)11-8-19-17-7-6-15(14-16(17)18)20(9-12-22)10-13-23;/h6-7,14,19,22-23H,4-5,8-13,18H2,1-3H3;1H/q+1;/p-1. The molecule has 24 heavy (non-hydrogen) atoms. The zero-order chi connectivity index (χ0) is 17.3. The smallest absolute Gasteiger partial charge is 0.0959 e. The summed E-state index contributed by atoms with van der Waals surface area (Å²) in [7, 11) is 2.26. The molecular weight excluding hydrogens is 328 g/mol. The van der Waals surface area contributed by atoms with Gasteiger partial charge in [-0.2, -0.15) is 0 Å². The van der Waals surface area contributed by atoms with E-state index in [9.17, 15) is 0 Å². The van der Waals surface area contributed by atoms with Crippen molar-refractivity contribution in [3.05, 3.63) is 18.2 Å². The van der Waals surface area contributed by atoms with E-state index in [1.165, 1.54) is 0 Å². The van der Waals surface area contributed by atoms with Crippen molar-refractivity contribution in [3.63, 3.8) is 0 Å². The van der Waals surface area contributed by atoms with Crippen molar-refractivity contribution in [1.82, 2.24) is 0 Å². The molecule has 5 N–H and O–H groups in total. The molecule has 0 aromatic heterocycles. The fraction of sp³-hybridized carbons (Fsp3) is 0.647. The van der Waals surface area contributed by atoms with Crippen LogP contribution in [0.3, 0.4) is 0 Å². The number of benzene rings is 1. The van der Waals surface area contributed by atoms with Crippen LogP contribution in [-0.4, -0.2) is 74.2 Å². The molecule has 0 saturated heterocycles. The molecule has 1 rings (SSSR count). The average molecular weight is 361 g/mol. The number of nitrogens with one attached hydrogen (secondary N) is 1. The summed E-state index contributed by atoms with van der Waals surface area (Å²) in [5.41, 5.74) is 8.68. The summed E-state index contributed by atoms with van der Waals surface area (Å²) in [5, 5.41) is 21.6. The van der Waals surface area contributed by atoms with E-state index in [0.29, 0.717) is 18.8 Å². The van der Waals surface area contributed by atoms with Crippen molar-refractivity contribution in [1.29, 1.82) is 0 Å². The minimum absolute atomic E-state index is 0. The number of halogens is 1. The Bertz CT molecular complexity index is 464. The number of nitrogens with zero attached hydrogens (tertiary/aromatic N) is 2. The van der Waals surface area contributed by atoms with E-state index in [0.717, 1.165) is 42.0 Å². The summed E-state index contributed by atoms with van der Waals surface area (Å²) in [6, 6.07) is 5.83. The molecule has 0 spiro atoms. The second-order valence-corrected chi connectivity index (χ2v) is 6.11. The van der Waals surface area contributed by atoms with Crippen molar-refractivity contribution in [2.45, 2.75) is 13.8 Å². The first-order chi connectivity index (χ1) is 11.0. The predicted octanol–water partition coefficient (Wildman–Crippen LogP) is -2.04. The van der Waals surface area contributed by atoms with Gasteiger partial charge in [-0.05, 0) is 32.0 Å². The highest BCUT2D eigenvalue weighted by Crippen LogP contribution is 2.25. The van der Waals surface area contributed by atoms with Crippen LogP contribution in [-0.2, 0) is 0 Å². The SMILES string of the molecule is CC[N+](C)(CC)CCNc1ccc(N(CCO)CCO)cc1N.[Cl-]. The van der Waals surface area contributed by atoms with E-state index >= 15 is 0 Å². The molecule has 1 aromatic carbocycles. The number of quaternary nitrogens is 1. The van der Waals surface area contributed by atoms with Crippen molar-refractivity contribution >= 4 is 17.1 Å². The fourth-order valence-corrected chi connectivity index (χ4v) is 2.52. The summed E-state index contributed by atoms with van der Waals surface area (Å²) in [6.07, 6.45) is 0. The summed E-state index contributed by atoms with van der Waals surface area (Å²) >= 11 is 0. The third-order valence-corrected chi connectivity index (χ3v) is 4.63. The van der Waals surface area contributed by atoms with Crippen molar-refractivity contribution in [2.75, 3.05) is 75.5 Å². The molecule has 6 nitrogen and oxygen atoms in total. The van der Waals surface area contributed by atoms with Gasteiger partial charge in [0.2, 0.25) is 0 Å². The molecular formula is C17H33ClN4O2. The van der Waals surface area contributed by atoms with Crippen LogP contribution in [0.15, 0.2) is 18.2 Å². The third kappa shape index (κ3) is 6.73. The van der Waals surface area contributed by atoms with Gasteiger partial charge in [0, 0.05) is 18.8 Å². The Labute approximate surface area is 152 Å². The van der Waals surface area contributed by atoms with Crippen molar-refractivity contribution in [3.8, 4) is 0 Å². The van der Waals surface area contributed by atoms with Crippen LogP contribution in [0.1, 0.15) is 13.8 Å². The van der Waals surface area contributed by atoms with Crippen LogP contribution in [0.4, 0.5) is 17.1 Å². The van der Waals surface area contributed by atoms with Gasteiger partial charge in [0.1, 0.15) is 0 Å². The maximum atomic E-state index is 9.12. The van der Waals surface area contributed by atoms with Gasteiger partial charge in [-0.1, -0.05) is 0 Å². The van der Waals surface area contributed by atoms with E-state index in [-0.39, 0.29) is 25.6 Å². The fourth-order valence-electron chi connectivity index (χ4n) is 2.52. The van der Waals surface area contributed by atoms with Crippen molar-refractivity contribution in [2.24, 2.45) is 0 Å². The summed E-state index contributed by atoms with van der Waals surface area (Å²) in [5.74, 6) is 0. The van der Waals surface area contributed by atoms with Crippen molar-refractivity contribution < 1.29 is 27.1 Å². The number of aliphatic hydroxyl groups is 2. The van der Waals surface area contributed by atoms with Gasteiger partial charge in [0.25, 0.3) is 0 Å². The Kier molecular flexibility index (Phi) is 10.8. The van der Waals surface area contributed by atoms with E-state index in [2.05, 4.69) is 26.2 Å². The number of rotatable bonds is 11. The molecule has 140 valence electrons. The third-order valence-electron chi connectivity index (χ3n) is 4.63.